The fourth-order valence-electron chi connectivity index (χ4n) is 2.07. The highest BCUT2D eigenvalue weighted by Gasteiger charge is 2.34. The van der Waals surface area contributed by atoms with Gasteiger partial charge < -0.3 is 14.6 Å². The highest BCUT2D eigenvalue weighted by molar-refractivity contribution is 9.10. The molecule has 2 aromatic rings. The Balaban J connectivity index is 2.40. The average molecular weight is 311 g/mol. The van der Waals surface area contributed by atoms with Gasteiger partial charge in [0.1, 0.15) is 5.76 Å². The molecule has 18 heavy (non-hydrogen) atoms. The number of hydrogen-bond donors (Lipinski definition) is 2. The molecule has 0 aliphatic heterocycles. The molecule has 0 radical (unpaired) electrons. The third-order valence-electron chi connectivity index (χ3n) is 3.14. The quantitative estimate of drug-likeness (QED) is 0.892. The molecule has 96 valence electrons. The highest BCUT2D eigenvalue weighted by atomic mass is 79.9. The van der Waals surface area contributed by atoms with Gasteiger partial charge in [-0.15, -0.1) is 0 Å². The molecule has 2 rings (SSSR count). The third-order valence-corrected chi connectivity index (χ3v) is 3.83. The van der Waals surface area contributed by atoms with Crippen LogP contribution in [0.5, 0.6) is 0 Å². The average Bonchev–Trinajstić information content (AvgIpc) is 2.90. The van der Waals surface area contributed by atoms with Crippen LogP contribution in [-0.2, 0) is 11.8 Å². The van der Waals surface area contributed by atoms with Gasteiger partial charge in [-0.3, -0.25) is 0 Å². The monoisotopic (exact) mass is 310 g/mol. The van der Waals surface area contributed by atoms with Crippen LogP contribution in [0.2, 0.25) is 0 Å². The number of hydrogen-bond acceptors (Lipinski definition) is 3. The second-order valence-corrected chi connectivity index (χ2v) is 5.19. The lowest BCUT2D eigenvalue weighted by Gasteiger charge is -2.30. The van der Waals surface area contributed by atoms with Crippen molar-refractivity contribution < 1.29 is 14.6 Å². The summed E-state index contributed by atoms with van der Waals surface area (Å²) < 4.78 is 6.19. The van der Waals surface area contributed by atoms with Crippen LogP contribution >= 0.6 is 15.9 Å². The third kappa shape index (κ3) is 2.51. The van der Waals surface area contributed by atoms with E-state index < -0.39 is 5.41 Å². The summed E-state index contributed by atoms with van der Waals surface area (Å²) in [6.07, 6.45) is 2.05. The van der Waals surface area contributed by atoms with Crippen molar-refractivity contribution in [2.24, 2.45) is 0 Å². The van der Waals surface area contributed by atoms with Gasteiger partial charge in [0.25, 0.3) is 0 Å². The molecule has 0 saturated heterocycles. The van der Waals surface area contributed by atoms with Gasteiger partial charge in [0.05, 0.1) is 19.5 Å². The van der Waals surface area contributed by atoms with Crippen LogP contribution in [-0.4, -0.2) is 23.4 Å². The van der Waals surface area contributed by atoms with E-state index in [2.05, 4.69) is 15.9 Å². The molecule has 0 spiro atoms. The highest BCUT2D eigenvalue weighted by Crippen LogP contribution is 2.33. The maximum atomic E-state index is 9.73. The molecule has 1 heterocycles. The fraction of sp³-hybridized carbons (Fsp3) is 0.286. The van der Waals surface area contributed by atoms with E-state index in [0.29, 0.717) is 6.42 Å². The standard InChI is InChI=1S/C14H15BrO3/c15-13-6-2-1-5-12(13)14(9-16,10-17)8-11-4-3-7-18-11/h1-7,16-17H,8-10H2. The summed E-state index contributed by atoms with van der Waals surface area (Å²) in [5.74, 6) is 0.744. The van der Waals surface area contributed by atoms with E-state index in [1.165, 1.54) is 0 Å². The number of rotatable bonds is 5. The largest absolute Gasteiger partial charge is 0.469 e. The molecule has 0 aliphatic carbocycles. The molecule has 0 aliphatic rings. The second-order valence-electron chi connectivity index (χ2n) is 4.33. The van der Waals surface area contributed by atoms with Crippen molar-refractivity contribution >= 4 is 15.9 Å². The molecule has 0 bridgehead atoms. The van der Waals surface area contributed by atoms with Crippen LogP contribution < -0.4 is 0 Å². The first-order chi connectivity index (χ1) is 8.72. The summed E-state index contributed by atoms with van der Waals surface area (Å²) in [5.41, 5.74) is 0.143. The van der Waals surface area contributed by atoms with Gasteiger partial charge in [0, 0.05) is 16.3 Å². The number of benzene rings is 1. The molecule has 0 unspecified atom stereocenters. The maximum Gasteiger partial charge on any atom is 0.104 e. The van der Waals surface area contributed by atoms with Crippen LogP contribution in [0.15, 0.2) is 51.6 Å². The number of furan rings is 1. The Morgan fingerprint density at radius 2 is 1.78 bits per heavy atom. The second kappa shape index (κ2) is 5.69. The summed E-state index contributed by atoms with van der Waals surface area (Å²) >= 11 is 3.47. The lowest BCUT2D eigenvalue weighted by Crippen LogP contribution is -2.37. The Hall–Kier alpha value is -1.10. The maximum absolute atomic E-state index is 9.73. The van der Waals surface area contributed by atoms with Crippen LogP contribution in [0, 0.1) is 0 Å². The van der Waals surface area contributed by atoms with E-state index in [1.807, 2.05) is 30.3 Å². The van der Waals surface area contributed by atoms with Gasteiger partial charge in [0.15, 0.2) is 0 Å². The van der Waals surface area contributed by atoms with Crippen molar-refractivity contribution in [3.05, 3.63) is 58.5 Å². The summed E-state index contributed by atoms with van der Waals surface area (Å²) in [6.45, 7) is -0.292. The van der Waals surface area contributed by atoms with E-state index >= 15 is 0 Å². The van der Waals surface area contributed by atoms with Crippen molar-refractivity contribution in [3.8, 4) is 0 Å². The molecule has 0 fully saturated rings. The molecule has 1 aromatic heterocycles. The Morgan fingerprint density at radius 3 is 2.33 bits per heavy atom. The fourth-order valence-corrected chi connectivity index (χ4v) is 2.77. The van der Waals surface area contributed by atoms with Crippen LogP contribution in [0.1, 0.15) is 11.3 Å². The summed E-state index contributed by atoms with van der Waals surface area (Å²) in [6, 6.07) is 11.2. The van der Waals surface area contributed by atoms with Crippen molar-refractivity contribution in [1.29, 1.82) is 0 Å². The van der Waals surface area contributed by atoms with E-state index in [4.69, 9.17) is 4.42 Å². The Morgan fingerprint density at radius 1 is 1.06 bits per heavy atom. The van der Waals surface area contributed by atoms with E-state index in [1.54, 1.807) is 12.3 Å². The molecule has 1 aromatic carbocycles. The molecule has 0 atom stereocenters. The smallest absolute Gasteiger partial charge is 0.104 e. The molecular formula is C14H15BrO3. The zero-order valence-corrected chi connectivity index (χ0v) is 11.4. The van der Waals surface area contributed by atoms with Gasteiger partial charge in [-0.2, -0.15) is 0 Å². The first-order valence-corrected chi connectivity index (χ1v) is 6.50. The molecule has 3 nitrogen and oxygen atoms in total. The zero-order valence-electron chi connectivity index (χ0n) is 9.84. The minimum Gasteiger partial charge on any atom is -0.469 e. The van der Waals surface area contributed by atoms with Gasteiger partial charge in [-0.1, -0.05) is 34.1 Å². The lowest BCUT2D eigenvalue weighted by molar-refractivity contribution is 0.111. The number of aliphatic hydroxyl groups excluding tert-OH is 2. The van der Waals surface area contributed by atoms with Crippen molar-refractivity contribution in [2.75, 3.05) is 13.2 Å². The molecule has 0 saturated carbocycles. The van der Waals surface area contributed by atoms with E-state index in [9.17, 15) is 10.2 Å². The SMILES string of the molecule is OCC(CO)(Cc1ccco1)c1ccccc1Br. The minimum absolute atomic E-state index is 0.146. The predicted molar refractivity (Wildman–Crippen MR) is 72.4 cm³/mol. The summed E-state index contributed by atoms with van der Waals surface area (Å²) in [7, 11) is 0. The number of halogens is 1. The lowest BCUT2D eigenvalue weighted by atomic mass is 9.78. The Bertz CT molecular complexity index is 490. The predicted octanol–water partition coefficient (Wildman–Crippen LogP) is 2.51. The topological polar surface area (TPSA) is 53.6 Å². The Kier molecular flexibility index (Phi) is 4.22. The Labute approximate surface area is 114 Å². The molecule has 2 N–H and O–H groups in total. The van der Waals surface area contributed by atoms with Gasteiger partial charge >= 0.3 is 0 Å². The molecule has 4 heteroatoms. The van der Waals surface area contributed by atoms with E-state index in [0.717, 1.165) is 15.8 Å². The van der Waals surface area contributed by atoms with Crippen molar-refractivity contribution in [1.82, 2.24) is 0 Å². The molecular weight excluding hydrogens is 296 g/mol. The van der Waals surface area contributed by atoms with Gasteiger partial charge in [-0.05, 0) is 23.8 Å². The normalized spacial score (nSPS) is 11.7. The van der Waals surface area contributed by atoms with Crippen molar-refractivity contribution in [2.45, 2.75) is 11.8 Å². The van der Waals surface area contributed by atoms with Gasteiger partial charge in [0.2, 0.25) is 0 Å². The first kappa shape index (κ1) is 13.3. The zero-order chi connectivity index (χ0) is 13.0. The van der Waals surface area contributed by atoms with E-state index in [-0.39, 0.29) is 13.2 Å². The first-order valence-electron chi connectivity index (χ1n) is 5.71. The summed E-state index contributed by atoms with van der Waals surface area (Å²) in [4.78, 5) is 0. The summed E-state index contributed by atoms with van der Waals surface area (Å²) in [5, 5.41) is 19.5. The van der Waals surface area contributed by atoms with Crippen LogP contribution in [0.4, 0.5) is 0 Å². The van der Waals surface area contributed by atoms with Gasteiger partial charge in [-0.25, -0.2) is 0 Å². The van der Waals surface area contributed by atoms with Crippen molar-refractivity contribution in [3.63, 3.8) is 0 Å². The van der Waals surface area contributed by atoms with Crippen LogP contribution in [0.25, 0.3) is 0 Å². The number of aliphatic hydroxyl groups is 2. The minimum atomic E-state index is -0.738. The molecule has 0 amide bonds. The van der Waals surface area contributed by atoms with Crippen LogP contribution in [0.3, 0.4) is 0 Å².